The van der Waals surface area contributed by atoms with Crippen molar-refractivity contribution in [1.29, 1.82) is 0 Å². The maximum absolute atomic E-state index is 11.6. The smallest absolute Gasteiger partial charge is 0.308 e. The highest BCUT2D eigenvalue weighted by Crippen LogP contribution is 2.17. The number of rotatable bonds is 5. The number of carbonyl (C=O) groups is 1. The van der Waals surface area contributed by atoms with Gasteiger partial charge >= 0.3 is 5.97 Å². The van der Waals surface area contributed by atoms with E-state index in [4.69, 9.17) is 10.5 Å². The molecule has 0 aliphatic carbocycles. The van der Waals surface area contributed by atoms with Crippen LogP contribution in [0.15, 0.2) is 41.9 Å². The Morgan fingerprint density at radius 2 is 2.17 bits per heavy atom. The molecule has 18 heavy (non-hydrogen) atoms. The van der Waals surface area contributed by atoms with Crippen LogP contribution in [0.25, 0.3) is 0 Å². The molecule has 1 atom stereocenters. The van der Waals surface area contributed by atoms with Gasteiger partial charge in [-0.15, -0.1) is 11.3 Å². The summed E-state index contributed by atoms with van der Waals surface area (Å²) < 4.78 is 5.15. The summed E-state index contributed by atoms with van der Waals surface area (Å²) in [6.07, 6.45) is 1.83. The van der Waals surface area contributed by atoms with E-state index in [0.717, 1.165) is 10.6 Å². The zero-order valence-corrected chi connectivity index (χ0v) is 10.6. The van der Waals surface area contributed by atoms with Crippen molar-refractivity contribution < 1.29 is 9.53 Å². The first-order valence-electron chi connectivity index (χ1n) is 5.60. The molecule has 0 saturated heterocycles. The third-order valence-electron chi connectivity index (χ3n) is 2.40. The zero-order valence-electron chi connectivity index (χ0n) is 9.78. The number of hydrogen-bond donors (Lipinski definition) is 1. The molecule has 0 amide bonds. The van der Waals surface area contributed by atoms with E-state index in [1.807, 2.05) is 35.7 Å². The largest absolute Gasteiger partial charge is 0.461 e. The number of nitrogens with two attached hydrogens (primary N) is 1. The summed E-state index contributed by atoms with van der Waals surface area (Å²) >= 11 is 1.44. The van der Waals surface area contributed by atoms with E-state index >= 15 is 0 Å². The molecule has 0 bridgehead atoms. The number of carbonyl (C=O) groups excluding carboxylic acids is 1. The molecule has 1 heterocycles. The second kappa shape index (κ2) is 6.28. The number of aromatic nitrogens is 1. The first kappa shape index (κ1) is 12.7. The van der Waals surface area contributed by atoms with Gasteiger partial charge in [0.1, 0.15) is 11.6 Å². The van der Waals surface area contributed by atoms with E-state index in [0.29, 0.717) is 0 Å². The van der Waals surface area contributed by atoms with E-state index in [9.17, 15) is 4.79 Å². The number of nitrogens with zero attached hydrogens (tertiary/aromatic N) is 1. The third kappa shape index (κ3) is 3.65. The molecule has 0 aliphatic heterocycles. The van der Waals surface area contributed by atoms with Gasteiger partial charge in [-0.25, -0.2) is 4.98 Å². The molecule has 0 fully saturated rings. The summed E-state index contributed by atoms with van der Waals surface area (Å²) in [5, 5.41) is 2.59. The summed E-state index contributed by atoms with van der Waals surface area (Å²) in [4.78, 5) is 15.7. The molecule has 1 aromatic heterocycles. The lowest BCUT2D eigenvalue weighted by atomic mass is 10.2. The molecular weight excluding hydrogens is 248 g/mol. The second-order valence-electron chi connectivity index (χ2n) is 3.83. The fraction of sp³-hybridized carbons (Fsp3) is 0.231. The van der Waals surface area contributed by atoms with Gasteiger partial charge in [0.15, 0.2) is 0 Å². The fourth-order valence-electron chi connectivity index (χ4n) is 1.48. The van der Waals surface area contributed by atoms with Crippen LogP contribution in [0.2, 0.25) is 0 Å². The lowest BCUT2D eigenvalue weighted by Gasteiger charge is -2.08. The van der Waals surface area contributed by atoms with Crippen LogP contribution >= 0.6 is 11.3 Å². The van der Waals surface area contributed by atoms with Crippen molar-refractivity contribution in [2.45, 2.75) is 19.1 Å². The van der Waals surface area contributed by atoms with Crippen molar-refractivity contribution in [3.05, 3.63) is 52.5 Å². The first-order valence-corrected chi connectivity index (χ1v) is 6.48. The van der Waals surface area contributed by atoms with Crippen LogP contribution < -0.4 is 5.73 Å². The second-order valence-corrected chi connectivity index (χ2v) is 4.75. The van der Waals surface area contributed by atoms with Gasteiger partial charge in [-0.05, 0) is 5.56 Å². The van der Waals surface area contributed by atoms with Gasteiger partial charge in [0, 0.05) is 11.6 Å². The topological polar surface area (TPSA) is 65.2 Å². The van der Waals surface area contributed by atoms with Gasteiger partial charge in [-0.1, -0.05) is 30.3 Å². The highest BCUT2D eigenvalue weighted by Gasteiger charge is 2.14. The molecule has 0 aliphatic rings. The average molecular weight is 262 g/mol. The Kier molecular flexibility index (Phi) is 4.44. The molecule has 94 valence electrons. The normalized spacial score (nSPS) is 12.1. The predicted octanol–water partition coefficient (Wildman–Crippen LogP) is 2.28. The first-order chi connectivity index (χ1) is 8.75. The van der Waals surface area contributed by atoms with E-state index in [1.54, 1.807) is 6.20 Å². The number of esters is 1. The minimum Gasteiger partial charge on any atom is -0.461 e. The monoisotopic (exact) mass is 262 g/mol. The quantitative estimate of drug-likeness (QED) is 0.839. The molecular formula is C13H14N2O2S. The van der Waals surface area contributed by atoms with Crippen LogP contribution in [-0.4, -0.2) is 11.0 Å². The minimum atomic E-state index is -0.381. The van der Waals surface area contributed by atoms with Gasteiger partial charge < -0.3 is 10.5 Å². The van der Waals surface area contributed by atoms with E-state index in [1.165, 1.54) is 11.3 Å². The van der Waals surface area contributed by atoms with Crippen molar-refractivity contribution in [1.82, 2.24) is 4.98 Å². The Balaban J connectivity index is 1.79. The molecule has 1 aromatic carbocycles. The fourth-order valence-corrected chi connectivity index (χ4v) is 2.12. The summed E-state index contributed by atoms with van der Waals surface area (Å²) in [7, 11) is 0. The van der Waals surface area contributed by atoms with Crippen LogP contribution in [-0.2, 0) is 16.1 Å². The SMILES string of the molecule is NC(CC(=O)OCc1ccccc1)c1nccs1. The number of thiazole rings is 1. The molecule has 5 heteroatoms. The molecule has 2 aromatic rings. The van der Waals surface area contributed by atoms with Crippen LogP contribution in [0.5, 0.6) is 0 Å². The predicted molar refractivity (Wildman–Crippen MR) is 69.9 cm³/mol. The summed E-state index contributed by atoms with van der Waals surface area (Å²) in [5.41, 5.74) is 6.82. The minimum absolute atomic E-state index is 0.153. The maximum atomic E-state index is 11.6. The van der Waals surface area contributed by atoms with Gasteiger partial charge in [0.05, 0.1) is 12.5 Å². The molecule has 0 saturated carbocycles. The van der Waals surface area contributed by atoms with Crippen molar-refractivity contribution >= 4 is 17.3 Å². The van der Waals surface area contributed by atoms with Crippen molar-refractivity contribution in [3.8, 4) is 0 Å². The number of hydrogen-bond acceptors (Lipinski definition) is 5. The molecule has 2 N–H and O–H groups in total. The highest BCUT2D eigenvalue weighted by molar-refractivity contribution is 7.09. The van der Waals surface area contributed by atoms with Gasteiger partial charge in [-0.2, -0.15) is 0 Å². The Morgan fingerprint density at radius 1 is 1.39 bits per heavy atom. The standard InChI is InChI=1S/C13H14N2O2S/c14-11(13-15-6-7-18-13)8-12(16)17-9-10-4-2-1-3-5-10/h1-7,11H,8-9,14H2. The van der Waals surface area contributed by atoms with E-state index in [-0.39, 0.29) is 25.0 Å². The Labute approximate surface area is 109 Å². The zero-order chi connectivity index (χ0) is 12.8. The Morgan fingerprint density at radius 3 is 2.83 bits per heavy atom. The van der Waals surface area contributed by atoms with Crippen molar-refractivity contribution in [2.75, 3.05) is 0 Å². The highest BCUT2D eigenvalue weighted by atomic mass is 32.1. The van der Waals surface area contributed by atoms with Crippen LogP contribution in [0, 0.1) is 0 Å². The van der Waals surface area contributed by atoms with Gasteiger partial charge in [0.25, 0.3) is 0 Å². The van der Waals surface area contributed by atoms with Crippen LogP contribution in [0.1, 0.15) is 23.0 Å². The van der Waals surface area contributed by atoms with Crippen molar-refractivity contribution in [2.24, 2.45) is 5.73 Å². The Hall–Kier alpha value is -1.72. The average Bonchev–Trinajstić information content (AvgIpc) is 2.91. The number of benzene rings is 1. The Bertz CT molecular complexity index is 485. The summed E-state index contributed by atoms with van der Waals surface area (Å²) in [6, 6.07) is 9.18. The summed E-state index contributed by atoms with van der Waals surface area (Å²) in [5.74, 6) is -0.304. The molecule has 1 unspecified atom stereocenters. The lowest BCUT2D eigenvalue weighted by Crippen LogP contribution is -2.17. The van der Waals surface area contributed by atoms with Crippen LogP contribution in [0.4, 0.5) is 0 Å². The van der Waals surface area contributed by atoms with Crippen molar-refractivity contribution in [3.63, 3.8) is 0 Å². The van der Waals surface area contributed by atoms with E-state index in [2.05, 4.69) is 4.98 Å². The maximum Gasteiger partial charge on any atom is 0.308 e. The van der Waals surface area contributed by atoms with Crippen LogP contribution in [0.3, 0.4) is 0 Å². The summed E-state index contributed by atoms with van der Waals surface area (Å²) in [6.45, 7) is 0.282. The molecule has 4 nitrogen and oxygen atoms in total. The molecule has 0 radical (unpaired) electrons. The molecule has 2 rings (SSSR count). The van der Waals surface area contributed by atoms with Gasteiger partial charge in [0.2, 0.25) is 0 Å². The molecule has 0 spiro atoms. The van der Waals surface area contributed by atoms with E-state index < -0.39 is 0 Å². The van der Waals surface area contributed by atoms with Gasteiger partial charge in [-0.3, -0.25) is 4.79 Å². The number of ether oxygens (including phenoxy) is 1. The third-order valence-corrected chi connectivity index (χ3v) is 3.31. The lowest BCUT2D eigenvalue weighted by molar-refractivity contribution is -0.145.